The Kier molecular flexibility index (Phi) is 4.16. The molecule has 0 amide bonds. The molecule has 2 N–H and O–H groups in total. The molecule has 1 aliphatic rings. The largest absolute Gasteiger partial charge is 0.395 e. The molecule has 3 nitrogen and oxygen atoms in total. The highest BCUT2D eigenvalue weighted by molar-refractivity contribution is 4.80. The molecule has 3 heteroatoms. The van der Waals surface area contributed by atoms with Crippen LogP contribution in [0.2, 0.25) is 0 Å². The zero-order valence-electron chi connectivity index (χ0n) is 8.79. The summed E-state index contributed by atoms with van der Waals surface area (Å²) in [5.41, 5.74) is 0. The third-order valence-corrected chi connectivity index (χ3v) is 2.49. The molecule has 2 unspecified atom stereocenters. The van der Waals surface area contributed by atoms with Crippen LogP contribution in [0.3, 0.4) is 0 Å². The van der Waals surface area contributed by atoms with Crippen LogP contribution in [0.15, 0.2) is 0 Å². The number of nitrogens with one attached hydrogen (secondary N) is 1. The number of ether oxygens (including phenoxy) is 1. The van der Waals surface area contributed by atoms with Gasteiger partial charge in [0.05, 0.1) is 18.8 Å². The minimum atomic E-state index is 0.197. The molecule has 1 aliphatic heterocycles. The van der Waals surface area contributed by atoms with Crippen molar-refractivity contribution in [2.75, 3.05) is 6.61 Å². The molecule has 13 heavy (non-hydrogen) atoms. The van der Waals surface area contributed by atoms with Crippen LogP contribution in [-0.2, 0) is 4.74 Å². The predicted molar refractivity (Wildman–Crippen MR) is 52.7 cm³/mol. The zero-order chi connectivity index (χ0) is 9.84. The van der Waals surface area contributed by atoms with E-state index in [9.17, 15) is 0 Å². The monoisotopic (exact) mass is 187 g/mol. The first kappa shape index (κ1) is 11.0. The second kappa shape index (κ2) is 4.94. The summed E-state index contributed by atoms with van der Waals surface area (Å²) in [7, 11) is 0. The second-order valence-electron chi connectivity index (χ2n) is 4.18. The summed E-state index contributed by atoms with van der Waals surface area (Å²) >= 11 is 0. The summed E-state index contributed by atoms with van der Waals surface area (Å²) in [5, 5.41) is 12.3. The zero-order valence-corrected chi connectivity index (χ0v) is 8.79. The minimum Gasteiger partial charge on any atom is -0.395 e. The first-order chi connectivity index (χ1) is 6.11. The van der Waals surface area contributed by atoms with Crippen LogP contribution in [0, 0.1) is 0 Å². The summed E-state index contributed by atoms with van der Waals surface area (Å²) in [5.74, 6) is 0. The number of hydrogen-bond donors (Lipinski definition) is 2. The maximum absolute atomic E-state index is 8.90. The molecule has 0 saturated carbocycles. The lowest BCUT2D eigenvalue weighted by Crippen LogP contribution is -2.45. The van der Waals surface area contributed by atoms with Crippen molar-refractivity contribution in [2.24, 2.45) is 0 Å². The van der Waals surface area contributed by atoms with Crippen molar-refractivity contribution in [3.05, 3.63) is 0 Å². The molecule has 0 aromatic carbocycles. The Labute approximate surface area is 80.5 Å². The van der Waals surface area contributed by atoms with Crippen LogP contribution in [0.4, 0.5) is 0 Å². The summed E-state index contributed by atoms with van der Waals surface area (Å²) in [4.78, 5) is 0. The first-order valence-electron chi connectivity index (χ1n) is 5.14. The van der Waals surface area contributed by atoms with Crippen molar-refractivity contribution < 1.29 is 9.84 Å². The van der Waals surface area contributed by atoms with E-state index in [1.165, 1.54) is 0 Å². The van der Waals surface area contributed by atoms with E-state index in [0.717, 1.165) is 12.8 Å². The fourth-order valence-electron chi connectivity index (χ4n) is 2.00. The molecular weight excluding hydrogens is 166 g/mol. The maximum atomic E-state index is 8.90. The van der Waals surface area contributed by atoms with E-state index in [4.69, 9.17) is 9.84 Å². The summed E-state index contributed by atoms with van der Waals surface area (Å²) in [6, 6.07) is 0.698. The number of hydrogen-bond acceptors (Lipinski definition) is 3. The van der Waals surface area contributed by atoms with Gasteiger partial charge >= 0.3 is 0 Å². The van der Waals surface area contributed by atoms with Gasteiger partial charge in [-0.05, 0) is 33.6 Å². The number of aliphatic hydroxyl groups is 1. The Morgan fingerprint density at radius 2 is 1.92 bits per heavy atom. The Balaban J connectivity index is 2.32. The van der Waals surface area contributed by atoms with E-state index in [-0.39, 0.29) is 12.6 Å². The lowest BCUT2D eigenvalue weighted by atomic mass is 9.99. The van der Waals surface area contributed by atoms with Crippen molar-refractivity contribution >= 4 is 0 Å². The van der Waals surface area contributed by atoms with Crippen molar-refractivity contribution in [1.29, 1.82) is 0 Å². The van der Waals surface area contributed by atoms with E-state index in [1.807, 2.05) is 6.92 Å². The molecule has 0 aromatic heterocycles. The van der Waals surface area contributed by atoms with Gasteiger partial charge < -0.3 is 15.2 Å². The molecule has 3 atom stereocenters. The predicted octanol–water partition coefficient (Wildman–Crippen LogP) is 0.913. The molecule has 1 heterocycles. The fourth-order valence-corrected chi connectivity index (χ4v) is 2.00. The molecule has 0 aromatic rings. The van der Waals surface area contributed by atoms with Crippen molar-refractivity contribution in [3.8, 4) is 0 Å². The van der Waals surface area contributed by atoms with Gasteiger partial charge in [0.25, 0.3) is 0 Å². The Hall–Kier alpha value is -0.120. The highest BCUT2D eigenvalue weighted by Gasteiger charge is 2.24. The lowest BCUT2D eigenvalue weighted by molar-refractivity contribution is -0.0440. The molecule has 0 bridgehead atoms. The Morgan fingerprint density at radius 3 is 2.38 bits per heavy atom. The van der Waals surface area contributed by atoms with Gasteiger partial charge in [0.2, 0.25) is 0 Å². The van der Waals surface area contributed by atoms with Gasteiger partial charge in [-0.3, -0.25) is 0 Å². The van der Waals surface area contributed by atoms with Crippen LogP contribution in [0.5, 0.6) is 0 Å². The Bertz CT molecular complexity index is 142. The van der Waals surface area contributed by atoms with Gasteiger partial charge in [0, 0.05) is 12.1 Å². The third-order valence-electron chi connectivity index (χ3n) is 2.49. The number of rotatable bonds is 3. The topological polar surface area (TPSA) is 41.5 Å². The Morgan fingerprint density at radius 1 is 1.38 bits per heavy atom. The van der Waals surface area contributed by atoms with Crippen LogP contribution in [0.25, 0.3) is 0 Å². The van der Waals surface area contributed by atoms with E-state index in [2.05, 4.69) is 19.2 Å². The lowest BCUT2D eigenvalue weighted by Gasteiger charge is -2.34. The molecule has 0 spiro atoms. The van der Waals surface area contributed by atoms with E-state index in [0.29, 0.717) is 18.2 Å². The van der Waals surface area contributed by atoms with Crippen LogP contribution < -0.4 is 5.32 Å². The van der Waals surface area contributed by atoms with Gasteiger partial charge in [-0.15, -0.1) is 0 Å². The highest BCUT2D eigenvalue weighted by Crippen LogP contribution is 2.19. The summed E-state index contributed by atoms with van der Waals surface area (Å²) < 4.78 is 5.63. The molecule has 78 valence electrons. The average molecular weight is 187 g/mol. The molecule has 1 rings (SSSR count). The van der Waals surface area contributed by atoms with Crippen LogP contribution in [-0.4, -0.2) is 36.0 Å². The normalized spacial score (nSPS) is 37.4. The van der Waals surface area contributed by atoms with Crippen molar-refractivity contribution in [2.45, 2.75) is 57.9 Å². The van der Waals surface area contributed by atoms with Crippen LogP contribution in [0.1, 0.15) is 33.6 Å². The van der Waals surface area contributed by atoms with E-state index >= 15 is 0 Å². The quantitative estimate of drug-likeness (QED) is 0.690. The molecular formula is C10H21NO2. The maximum Gasteiger partial charge on any atom is 0.0582 e. The minimum absolute atomic E-state index is 0.197. The highest BCUT2D eigenvalue weighted by atomic mass is 16.5. The fraction of sp³-hybridized carbons (Fsp3) is 1.00. The molecule has 0 radical (unpaired) electrons. The summed E-state index contributed by atoms with van der Waals surface area (Å²) in [6.07, 6.45) is 2.78. The number of aliphatic hydroxyl groups excluding tert-OH is 1. The standard InChI is InChI=1S/C10H21NO2/c1-7(6-12)11-10-4-8(2)13-9(3)5-10/h7-12H,4-6H2,1-3H3/t7-,8?,9?,10?/m0/s1. The second-order valence-corrected chi connectivity index (χ2v) is 4.18. The van der Waals surface area contributed by atoms with Gasteiger partial charge in [0.15, 0.2) is 0 Å². The first-order valence-corrected chi connectivity index (χ1v) is 5.14. The average Bonchev–Trinajstić information content (AvgIpc) is 2.02. The van der Waals surface area contributed by atoms with Crippen molar-refractivity contribution in [3.63, 3.8) is 0 Å². The SMILES string of the molecule is CC1CC(N[C@@H](C)CO)CC(C)O1. The smallest absolute Gasteiger partial charge is 0.0582 e. The van der Waals surface area contributed by atoms with E-state index < -0.39 is 0 Å². The van der Waals surface area contributed by atoms with Gasteiger partial charge in [0.1, 0.15) is 0 Å². The molecule has 1 fully saturated rings. The molecule has 0 aliphatic carbocycles. The van der Waals surface area contributed by atoms with Gasteiger partial charge in [-0.1, -0.05) is 0 Å². The third kappa shape index (κ3) is 3.63. The summed E-state index contributed by atoms with van der Waals surface area (Å²) in [6.45, 7) is 6.42. The van der Waals surface area contributed by atoms with Gasteiger partial charge in [-0.2, -0.15) is 0 Å². The van der Waals surface area contributed by atoms with E-state index in [1.54, 1.807) is 0 Å². The molecule has 1 saturated heterocycles. The van der Waals surface area contributed by atoms with Crippen molar-refractivity contribution in [1.82, 2.24) is 5.32 Å². The van der Waals surface area contributed by atoms with Crippen LogP contribution >= 0.6 is 0 Å². The van der Waals surface area contributed by atoms with Gasteiger partial charge in [-0.25, -0.2) is 0 Å².